The number of esters is 1. The van der Waals surface area contributed by atoms with Crippen LogP contribution in [0.1, 0.15) is 50.2 Å². The fraction of sp³-hybridized carbons (Fsp3) is 0.450. The molecule has 5 nitrogen and oxygen atoms in total. The van der Waals surface area contributed by atoms with E-state index in [0.29, 0.717) is 18.4 Å². The van der Waals surface area contributed by atoms with E-state index in [1.807, 2.05) is 0 Å². The molecule has 150 valence electrons. The monoisotopic (exact) mass is 394 g/mol. The van der Waals surface area contributed by atoms with Crippen molar-refractivity contribution in [3.05, 3.63) is 41.5 Å². The first-order valence-electron chi connectivity index (χ1n) is 8.94. The van der Waals surface area contributed by atoms with E-state index in [2.05, 4.69) is 11.4 Å². The first kappa shape index (κ1) is 21.5. The number of ether oxygens (including phenoxy) is 1. The van der Waals surface area contributed by atoms with Gasteiger partial charge in [0.05, 0.1) is 11.6 Å². The van der Waals surface area contributed by atoms with Crippen LogP contribution in [-0.2, 0) is 20.5 Å². The number of nitrogens with one attached hydrogen (secondary N) is 1. The minimum absolute atomic E-state index is 0.382. The molecular formula is C20H21F3N2O3. The molecule has 0 bridgehead atoms. The van der Waals surface area contributed by atoms with Crippen molar-refractivity contribution >= 4 is 18.0 Å². The van der Waals surface area contributed by atoms with Gasteiger partial charge < -0.3 is 10.1 Å². The molecule has 0 spiro atoms. The lowest BCUT2D eigenvalue weighted by molar-refractivity contribution is -0.150. The van der Waals surface area contributed by atoms with Crippen molar-refractivity contribution < 1.29 is 27.5 Å². The molecule has 0 saturated heterocycles. The number of benzene rings is 1. The van der Waals surface area contributed by atoms with Gasteiger partial charge in [0.1, 0.15) is 5.54 Å². The summed E-state index contributed by atoms with van der Waals surface area (Å²) in [7, 11) is 0. The molecule has 1 atom stereocenters. The Kier molecular flexibility index (Phi) is 6.84. The molecule has 0 radical (unpaired) electrons. The largest absolute Gasteiger partial charge is 0.449 e. The van der Waals surface area contributed by atoms with Crippen LogP contribution in [0.4, 0.5) is 13.2 Å². The highest BCUT2D eigenvalue weighted by Gasteiger charge is 2.35. The lowest BCUT2D eigenvalue weighted by Crippen LogP contribution is -2.52. The quantitative estimate of drug-likeness (QED) is 0.605. The number of hydrogen-bond acceptors (Lipinski definition) is 4. The summed E-state index contributed by atoms with van der Waals surface area (Å²) in [6, 6.07) is 6.42. The van der Waals surface area contributed by atoms with Crippen molar-refractivity contribution in [1.82, 2.24) is 5.32 Å². The van der Waals surface area contributed by atoms with Crippen LogP contribution in [0.25, 0.3) is 6.08 Å². The Bertz CT molecular complexity index is 773. The molecular weight excluding hydrogens is 373 g/mol. The van der Waals surface area contributed by atoms with Crippen LogP contribution in [0.15, 0.2) is 30.3 Å². The maximum absolute atomic E-state index is 12.5. The van der Waals surface area contributed by atoms with E-state index < -0.39 is 35.3 Å². The lowest BCUT2D eigenvalue weighted by Gasteiger charge is -2.32. The first-order chi connectivity index (χ1) is 13.1. The molecule has 1 aliphatic carbocycles. The fourth-order valence-corrected chi connectivity index (χ4v) is 2.97. The van der Waals surface area contributed by atoms with Crippen LogP contribution < -0.4 is 5.32 Å². The van der Waals surface area contributed by atoms with E-state index in [1.165, 1.54) is 25.1 Å². The SMILES string of the molecule is C[C@H](OC(=O)/C=C/c1ccc(C(F)(F)F)cc1)C(=O)NC1(C#N)CCCCC1. The summed E-state index contributed by atoms with van der Waals surface area (Å²) in [4.78, 5) is 24.1. The molecule has 1 amide bonds. The molecule has 0 aromatic heterocycles. The third-order valence-electron chi connectivity index (χ3n) is 4.60. The van der Waals surface area contributed by atoms with Gasteiger partial charge in [-0.05, 0) is 43.5 Å². The van der Waals surface area contributed by atoms with Gasteiger partial charge in [0.25, 0.3) is 5.91 Å². The van der Waals surface area contributed by atoms with Gasteiger partial charge in [0.2, 0.25) is 0 Å². The molecule has 1 saturated carbocycles. The Morgan fingerprint density at radius 1 is 1.21 bits per heavy atom. The molecule has 0 heterocycles. The summed E-state index contributed by atoms with van der Waals surface area (Å²) in [5, 5.41) is 12.1. The van der Waals surface area contributed by atoms with E-state index in [1.54, 1.807) is 0 Å². The summed E-state index contributed by atoms with van der Waals surface area (Å²) in [5.74, 6) is -1.36. The van der Waals surface area contributed by atoms with Crippen molar-refractivity contribution in [3.63, 3.8) is 0 Å². The second kappa shape index (κ2) is 8.91. The number of halogens is 3. The summed E-state index contributed by atoms with van der Waals surface area (Å²) in [6.07, 6.45) is 0.625. The number of carbonyl (C=O) groups excluding carboxylic acids is 2. The number of alkyl halides is 3. The Morgan fingerprint density at radius 3 is 2.36 bits per heavy atom. The Morgan fingerprint density at radius 2 is 1.82 bits per heavy atom. The topological polar surface area (TPSA) is 79.2 Å². The zero-order chi connectivity index (χ0) is 20.8. The highest BCUT2D eigenvalue weighted by molar-refractivity contribution is 5.90. The van der Waals surface area contributed by atoms with Crippen LogP contribution in [0.3, 0.4) is 0 Å². The molecule has 1 N–H and O–H groups in total. The third-order valence-corrected chi connectivity index (χ3v) is 4.60. The summed E-state index contributed by atoms with van der Waals surface area (Å²) >= 11 is 0. The summed E-state index contributed by atoms with van der Waals surface area (Å²) in [6.45, 7) is 1.40. The lowest BCUT2D eigenvalue weighted by atomic mass is 9.83. The van der Waals surface area contributed by atoms with Crippen LogP contribution >= 0.6 is 0 Å². The standard InChI is InChI=1S/C20H21F3N2O3/c1-14(18(27)25-19(13-24)11-3-2-4-12-19)28-17(26)10-7-15-5-8-16(9-6-15)20(21,22)23/h5-10,14H,2-4,11-12H2,1H3,(H,25,27)/b10-7+/t14-/m0/s1. The summed E-state index contributed by atoms with van der Waals surface area (Å²) in [5.41, 5.74) is -1.33. The number of rotatable bonds is 5. The molecule has 8 heteroatoms. The van der Waals surface area contributed by atoms with Crippen LogP contribution in [0, 0.1) is 11.3 Å². The molecule has 2 rings (SSSR count). The van der Waals surface area contributed by atoms with E-state index in [4.69, 9.17) is 4.74 Å². The average molecular weight is 394 g/mol. The number of hydrogen-bond donors (Lipinski definition) is 1. The minimum Gasteiger partial charge on any atom is -0.449 e. The summed E-state index contributed by atoms with van der Waals surface area (Å²) < 4.78 is 42.6. The number of carbonyl (C=O) groups is 2. The predicted molar refractivity (Wildman–Crippen MR) is 95.6 cm³/mol. The Hall–Kier alpha value is -2.82. The van der Waals surface area contributed by atoms with Crippen molar-refractivity contribution in [2.45, 2.75) is 56.8 Å². The van der Waals surface area contributed by atoms with Gasteiger partial charge in [-0.3, -0.25) is 4.79 Å². The zero-order valence-corrected chi connectivity index (χ0v) is 15.4. The smallest absolute Gasteiger partial charge is 0.416 e. The minimum atomic E-state index is -4.43. The van der Waals surface area contributed by atoms with Crippen molar-refractivity contribution in [3.8, 4) is 6.07 Å². The van der Waals surface area contributed by atoms with Crippen LogP contribution in [0.2, 0.25) is 0 Å². The Labute approximate surface area is 161 Å². The van der Waals surface area contributed by atoms with Crippen LogP contribution in [0.5, 0.6) is 0 Å². The number of amides is 1. The average Bonchev–Trinajstić information content (AvgIpc) is 2.66. The third kappa shape index (κ3) is 5.84. The highest BCUT2D eigenvalue weighted by atomic mass is 19.4. The van der Waals surface area contributed by atoms with E-state index in [-0.39, 0.29) is 0 Å². The zero-order valence-electron chi connectivity index (χ0n) is 15.4. The molecule has 0 unspecified atom stereocenters. The maximum atomic E-state index is 12.5. The van der Waals surface area contributed by atoms with Crippen molar-refractivity contribution in [2.24, 2.45) is 0 Å². The molecule has 28 heavy (non-hydrogen) atoms. The van der Waals surface area contributed by atoms with E-state index >= 15 is 0 Å². The molecule has 1 aromatic rings. The number of nitrogens with zero attached hydrogens (tertiary/aromatic N) is 1. The van der Waals surface area contributed by atoms with Gasteiger partial charge >= 0.3 is 12.1 Å². The van der Waals surface area contributed by atoms with Gasteiger partial charge in [-0.25, -0.2) is 4.79 Å². The normalized spacial score (nSPS) is 17.5. The van der Waals surface area contributed by atoms with Crippen LogP contribution in [-0.4, -0.2) is 23.5 Å². The van der Waals surface area contributed by atoms with Gasteiger partial charge in [-0.1, -0.05) is 31.4 Å². The van der Waals surface area contributed by atoms with Crippen molar-refractivity contribution in [1.29, 1.82) is 5.26 Å². The van der Waals surface area contributed by atoms with Gasteiger partial charge in [-0.15, -0.1) is 0 Å². The van der Waals surface area contributed by atoms with E-state index in [9.17, 15) is 28.0 Å². The fourth-order valence-electron chi connectivity index (χ4n) is 2.97. The molecule has 0 aliphatic heterocycles. The van der Waals surface area contributed by atoms with Crippen molar-refractivity contribution in [2.75, 3.05) is 0 Å². The van der Waals surface area contributed by atoms with Gasteiger partial charge in [0.15, 0.2) is 6.10 Å². The Balaban J connectivity index is 1.90. The second-order valence-electron chi connectivity index (χ2n) is 6.78. The number of nitriles is 1. The molecule has 1 aromatic carbocycles. The molecule has 1 fully saturated rings. The highest BCUT2D eigenvalue weighted by Crippen LogP contribution is 2.29. The van der Waals surface area contributed by atoms with Gasteiger partial charge in [-0.2, -0.15) is 18.4 Å². The van der Waals surface area contributed by atoms with E-state index in [0.717, 1.165) is 37.5 Å². The first-order valence-corrected chi connectivity index (χ1v) is 8.94. The second-order valence-corrected chi connectivity index (χ2v) is 6.78. The maximum Gasteiger partial charge on any atom is 0.416 e. The van der Waals surface area contributed by atoms with Gasteiger partial charge in [0, 0.05) is 6.08 Å². The molecule has 1 aliphatic rings. The predicted octanol–water partition coefficient (Wildman–Crippen LogP) is 3.99.